The van der Waals surface area contributed by atoms with Gasteiger partial charge in [-0.15, -0.1) is 0 Å². The molecule has 92 valence electrons. The molecule has 0 aliphatic heterocycles. The quantitative estimate of drug-likeness (QED) is 0.730. The Labute approximate surface area is 108 Å². The number of aryl methyl sites for hydroxylation is 1. The lowest BCUT2D eigenvalue weighted by molar-refractivity contribution is 0.103. The number of carbonyl (C=O) groups is 1. The van der Waals surface area contributed by atoms with Gasteiger partial charge in [0.2, 0.25) is 0 Å². The fourth-order valence-electron chi connectivity index (χ4n) is 2.21. The Morgan fingerprint density at radius 3 is 2.39 bits per heavy atom. The van der Waals surface area contributed by atoms with Crippen LogP contribution in [0.5, 0.6) is 0 Å². The van der Waals surface area contributed by atoms with Crippen LogP contribution in [0.25, 0.3) is 0 Å². The van der Waals surface area contributed by atoms with E-state index >= 15 is 0 Å². The lowest BCUT2D eigenvalue weighted by atomic mass is 9.94. The summed E-state index contributed by atoms with van der Waals surface area (Å²) in [5, 5.41) is 0. The van der Waals surface area contributed by atoms with Crippen molar-refractivity contribution < 1.29 is 4.79 Å². The minimum atomic E-state index is 0.117. The van der Waals surface area contributed by atoms with Gasteiger partial charge in [-0.3, -0.25) is 4.79 Å². The van der Waals surface area contributed by atoms with Gasteiger partial charge in [0.05, 0.1) is 0 Å². The predicted molar refractivity (Wildman–Crippen MR) is 75.0 cm³/mol. The third-order valence-corrected chi connectivity index (χ3v) is 3.25. The Bertz CT molecular complexity index is 541. The number of ketones is 1. The van der Waals surface area contributed by atoms with Crippen LogP contribution in [-0.2, 0) is 6.42 Å². The Morgan fingerprint density at radius 1 is 1.00 bits per heavy atom. The predicted octanol–water partition coefficient (Wildman–Crippen LogP) is 4.18. The Morgan fingerprint density at radius 2 is 1.72 bits per heavy atom. The molecule has 0 aliphatic rings. The molecule has 18 heavy (non-hydrogen) atoms. The van der Waals surface area contributed by atoms with E-state index in [1.54, 1.807) is 0 Å². The molecule has 1 heteroatoms. The third-order valence-electron chi connectivity index (χ3n) is 3.25. The highest BCUT2D eigenvalue weighted by Crippen LogP contribution is 2.18. The SMILES string of the molecule is CCCc1cccc(C(=O)c2ccccc2)c1C. The van der Waals surface area contributed by atoms with Crippen LogP contribution >= 0.6 is 0 Å². The number of hydrogen-bond donors (Lipinski definition) is 0. The normalized spacial score (nSPS) is 10.3. The molecule has 0 saturated carbocycles. The smallest absolute Gasteiger partial charge is 0.193 e. The van der Waals surface area contributed by atoms with Crippen molar-refractivity contribution in [1.82, 2.24) is 0 Å². The first-order valence-corrected chi connectivity index (χ1v) is 6.42. The molecule has 2 aromatic carbocycles. The fourth-order valence-corrected chi connectivity index (χ4v) is 2.21. The second-order valence-corrected chi connectivity index (χ2v) is 4.53. The van der Waals surface area contributed by atoms with Gasteiger partial charge in [0.15, 0.2) is 5.78 Å². The molecule has 0 spiro atoms. The molecule has 0 unspecified atom stereocenters. The van der Waals surface area contributed by atoms with Crippen LogP contribution in [0.1, 0.15) is 40.4 Å². The fraction of sp³-hybridized carbons (Fsp3) is 0.235. The molecule has 0 N–H and O–H groups in total. The molecule has 0 aliphatic carbocycles. The first-order chi connectivity index (χ1) is 8.74. The van der Waals surface area contributed by atoms with E-state index in [0.29, 0.717) is 0 Å². The molecule has 0 radical (unpaired) electrons. The van der Waals surface area contributed by atoms with Crippen LogP contribution in [-0.4, -0.2) is 5.78 Å². The third kappa shape index (κ3) is 2.51. The molecular formula is C17H18O. The standard InChI is InChI=1S/C17H18O/c1-3-8-14-11-7-12-16(13(14)2)17(18)15-9-5-4-6-10-15/h4-7,9-12H,3,8H2,1-2H3. The number of rotatable bonds is 4. The average molecular weight is 238 g/mol. The Hall–Kier alpha value is -1.89. The maximum absolute atomic E-state index is 12.4. The summed E-state index contributed by atoms with van der Waals surface area (Å²) in [6.45, 7) is 4.20. The molecule has 0 heterocycles. The highest BCUT2D eigenvalue weighted by atomic mass is 16.1. The maximum atomic E-state index is 12.4. The van der Waals surface area contributed by atoms with E-state index in [0.717, 1.165) is 29.5 Å². The monoisotopic (exact) mass is 238 g/mol. The van der Waals surface area contributed by atoms with E-state index in [-0.39, 0.29) is 5.78 Å². The summed E-state index contributed by atoms with van der Waals surface area (Å²) in [6.07, 6.45) is 2.13. The zero-order valence-corrected chi connectivity index (χ0v) is 10.9. The maximum Gasteiger partial charge on any atom is 0.193 e. The van der Waals surface area contributed by atoms with Crippen LogP contribution in [0.2, 0.25) is 0 Å². The van der Waals surface area contributed by atoms with Gasteiger partial charge in [0.1, 0.15) is 0 Å². The van der Waals surface area contributed by atoms with Crippen molar-refractivity contribution in [1.29, 1.82) is 0 Å². The average Bonchev–Trinajstić information content (AvgIpc) is 2.42. The second-order valence-electron chi connectivity index (χ2n) is 4.53. The summed E-state index contributed by atoms with van der Waals surface area (Å²) in [7, 11) is 0. The molecule has 0 aromatic heterocycles. The van der Waals surface area contributed by atoms with E-state index in [1.807, 2.05) is 49.4 Å². The van der Waals surface area contributed by atoms with Crippen LogP contribution in [0, 0.1) is 6.92 Å². The molecule has 0 bridgehead atoms. The zero-order chi connectivity index (χ0) is 13.0. The van der Waals surface area contributed by atoms with Crippen molar-refractivity contribution >= 4 is 5.78 Å². The van der Waals surface area contributed by atoms with Gasteiger partial charge >= 0.3 is 0 Å². The summed E-state index contributed by atoms with van der Waals surface area (Å²) in [4.78, 5) is 12.4. The van der Waals surface area contributed by atoms with E-state index in [9.17, 15) is 4.79 Å². The molecule has 0 atom stereocenters. The Balaban J connectivity index is 2.40. The highest BCUT2D eigenvalue weighted by molar-refractivity contribution is 6.10. The first-order valence-electron chi connectivity index (χ1n) is 6.42. The Kier molecular flexibility index (Phi) is 3.93. The number of hydrogen-bond acceptors (Lipinski definition) is 1. The van der Waals surface area contributed by atoms with Gasteiger partial charge in [-0.25, -0.2) is 0 Å². The van der Waals surface area contributed by atoms with Gasteiger partial charge in [-0.05, 0) is 24.5 Å². The first kappa shape index (κ1) is 12.6. The van der Waals surface area contributed by atoms with E-state index < -0.39 is 0 Å². The molecule has 2 aromatic rings. The lowest BCUT2D eigenvalue weighted by Crippen LogP contribution is -2.05. The largest absolute Gasteiger partial charge is 0.289 e. The van der Waals surface area contributed by atoms with Crippen LogP contribution < -0.4 is 0 Å². The van der Waals surface area contributed by atoms with Gasteiger partial charge in [0, 0.05) is 11.1 Å². The summed E-state index contributed by atoms with van der Waals surface area (Å²) in [5.74, 6) is 0.117. The van der Waals surface area contributed by atoms with Crippen LogP contribution in [0.15, 0.2) is 48.5 Å². The second kappa shape index (κ2) is 5.63. The summed E-state index contributed by atoms with van der Waals surface area (Å²) in [5.41, 5.74) is 3.98. The minimum absolute atomic E-state index is 0.117. The van der Waals surface area contributed by atoms with Crippen molar-refractivity contribution in [3.8, 4) is 0 Å². The van der Waals surface area contributed by atoms with Crippen molar-refractivity contribution in [2.75, 3.05) is 0 Å². The summed E-state index contributed by atoms with van der Waals surface area (Å²) in [6, 6.07) is 15.5. The summed E-state index contributed by atoms with van der Waals surface area (Å²) >= 11 is 0. The van der Waals surface area contributed by atoms with Gasteiger partial charge in [0.25, 0.3) is 0 Å². The topological polar surface area (TPSA) is 17.1 Å². The van der Waals surface area contributed by atoms with Gasteiger partial charge in [-0.2, -0.15) is 0 Å². The molecule has 2 rings (SSSR count). The van der Waals surface area contributed by atoms with E-state index in [1.165, 1.54) is 5.56 Å². The molecule has 1 nitrogen and oxygen atoms in total. The van der Waals surface area contributed by atoms with Crippen molar-refractivity contribution in [2.45, 2.75) is 26.7 Å². The van der Waals surface area contributed by atoms with E-state index in [4.69, 9.17) is 0 Å². The molecule has 0 fully saturated rings. The van der Waals surface area contributed by atoms with Crippen molar-refractivity contribution in [2.24, 2.45) is 0 Å². The number of carbonyl (C=O) groups excluding carboxylic acids is 1. The molecule has 0 amide bonds. The van der Waals surface area contributed by atoms with Crippen LogP contribution in [0.4, 0.5) is 0 Å². The van der Waals surface area contributed by atoms with Gasteiger partial charge < -0.3 is 0 Å². The lowest BCUT2D eigenvalue weighted by Gasteiger charge is -2.10. The molecular weight excluding hydrogens is 220 g/mol. The number of benzene rings is 2. The highest BCUT2D eigenvalue weighted by Gasteiger charge is 2.12. The van der Waals surface area contributed by atoms with Crippen molar-refractivity contribution in [3.05, 3.63) is 70.8 Å². The minimum Gasteiger partial charge on any atom is -0.289 e. The summed E-state index contributed by atoms with van der Waals surface area (Å²) < 4.78 is 0. The van der Waals surface area contributed by atoms with Gasteiger partial charge in [-0.1, -0.05) is 61.9 Å². The molecule has 0 saturated heterocycles. The zero-order valence-electron chi connectivity index (χ0n) is 10.9. The van der Waals surface area contributed by atoms with E-state index in [2.05, 4.69) is 13.0 Å². The van der Waals surface area contributed by atoms with Crippen LogP contribution in [0.3, 0.4) is 0 Å². The van der Waals surface area contributed by atoms with Crippen molar-refractivity contribution in [3.63, 3.8) is 0 Å².